The van der Waals surface area contributed by atoms with E-state index in [9.17, 15) is 19.2 Å². The number of hydrogen-bond acceptors (Lipinski definition) is 7. The van der Waals surface area contributed by atoms with E-state index in [4.69, 9.17) is 5.73 Å². The summed E-state index contributed by atoms with van der Waals surface area (Å²) >= 11 is 0. The molecule has 0 fully saturated rings. The van der Waals surface area contributed by atoms with Gasteiger partial charge in [-0.2, -0.15) is 0 Å². The highest BCUT2D eigenvalue weighted by molar-refractivity contribution is 6.07. The average molecular weight is 461 g/mol. The van der Waals surface area contributed by atoms with Gasteiger partial charge in [-0.05, 0) is 66.2 Å². The number of carbonyl (C=O) groups excluding carboxylic acids is 4. The van der Waals surface area contributed by atoms with Crippen molar-refractivity contribution in [1.82, 2.24) is 0 Å². The minimum absolute atomic E-state index is 0.167. The van der Waals surface area contributed by atoms with Crippen molar-refractivity contribution in [3.8, 4) is 0 Å². The normalized spacial score (nSPS) is 10.2. The Bertz CT molecular complexity index is 1220. The van der Waals surface area contributed by atoms with E-state index in [2.05, 4.69) is 20.1 Å². The molecule has 0 atom stereocenters. The topological polar surface area (TPSA) is 137 Å². The summed E-state index contributed by atoms with van der Waals surface area (Å²) in [4.78, 5) is 48.4. The van der Waals surface area contributed by atoms with E-state index in [0.717, 1.165) is 0 Å². The summed E-state index contributed by atoms with van der Waals surface area (Å²) in [7, 11) is 2.56. The molecule has 0 aliphatic heterocycles. The first kappa shape index (κ1) is 24.1. The quantitative estimate of drug-likeness (QED) is 0.460. The number of esters is 2. The smallest absolute Gasteiger partial charge is 0.337 e. The SMILES string of the molecule is COC(=O)c1ccc(C(=O)Nc2ccc(CN)c(NC(=O)c3ccc(C(=O)OC)cc3)c2)cc1. The molecular formula is C25H23N3O6. The summed E-state index contributed by atoms with van der Waals surface area (Å²) in [5, 5.41) is 5.54. The van der Waals surface area contributed by atoms with Gasteiger partial charge in [0.15, 0.2) is 0 Å². The Morgan fingerprint density at radius 3 is 1.56 bits per heavy atom. The first-order valence-corrected chi connectivity index (χ1v) is 10.2. The summed E-state index contributed by atoms with van der Waals surface area (Å²) in [6.45, 7) is 0.167. The van der Waals surface area contributed by atoms with Crippen molar-refractivity contribution in [2.24, 2.45) is 5.73 Å². The first-order chi connectivity index (χ1) is 16.4. The zero-order valence-corrected chi connectivity index (χ0v) is 18.6. The number of amides is 2. The van der Waals surface area contributed by atoms with E-state index in [1.54, 1.807) is 18.2 Å². The highest BCUT2D eigenvalue weighted by Crippen LogP contribution is 2.22. The molecule has 0 aliphatic rings. The van der Waals surface area contributed by atoms with Crippen LogP contribution in [0.1, 0.15) is 47.0 Å². The number of hydrogen-bond donors (Lipinski definition) is 3. The summed E-state index contributed by atoms with van der Waals surface area (Å²) in [5.41, 5.74) is 8.66. The Morgan fingerprint density at radius 2 is 1.12 bits per heavy atom. The van der Waals surface area contributed by atoms with E-state index in [0.29, 0.717) is 39.2 Å². The van der Waals surface area contributed by atoms with Crippen LogP contribution in [0.5, 0.6) is 0 Å². The molecule has 174 valence electrons. The third kappa shape index (κ3) is 5.64. The van der Waals surface area contributed by atoms with Gasteiger partial charge in [-0.25, -0.2) is 9.59 Å². The van der Waals surface area contributed by atoms with Crippen LogP contribution in [0.25, 0.3) is 0 Å². The van der Waals surface area contributed by atoms with Crippen molar-refractivity contribution in [2.75, 3.05) is 24.9 Å². The fraction of sp³-hybridized carbons (Fsp3) is 0.120. The molecule has 0 saturated heterocycles. The van der Waals surface area contributed by atoms with E-state index in [1.807, 2.05) is 0 Å². The predicted octanol–water partition coefficient (Wildman–Crippen LogP) is 3.22. The molecule has 4 N–H and O–H groups in total. The van der Waals surface area contributed by atoms with E-state index in [1.165, 1.54) is 62.8 Å². The Hall–Kier alpha value is -4.50. The van der Waals surface area contributed by atoms with Crippen LogP contribution in [0.4, 0.5) is 11.4 Å². The molecule has 34 heavy (non-hydrogen) atoms. The van der Waals surface area contributed by atoms with Crippen LogP contribution in [-0.2, 0) is 16.0 Å². The predicted molar refractivity (Wildman–Crippen MR) is 126 cm³/mol. The van der Waals surface area contributed by atoms with Gasteiger partial charge in [0, 0.05) is 29.0 Å². The molecule has 9 heteroatoms. The molecule has 3 aromatic carbocycles. The number of nitrogens with two attached hydrogens (primary N) is 1. The Balaban J connectivity index is 1.75. The Morgan fingerprint density at radius 1 is 0.676 bits per heavy atom. The fourth-order valence-electron chi connectivity index (χ4n) is 3.10. The molecule has 3 aromatic rings. The van der Waals surface area contributed by atoms with Crippen molar-refractivity contribution in [1.29, 1.82) is 0 Å². The van der Waals surface area contributed by atoms with E-state index < -0.39 is 23.8 Å². The van der Waals surface area contributed by atoms with Gasteiger partial charge < -0.3 is 25.8 Å². The molecular weight excluding hydrogens is 438 g/mol. The van der Waals surface area contributed by atoms with E-state index >= 15 is 0 Å². The van der Waals surface area contributed by atoms with Crippen LogP contribution in [-0.4, -0.2) is 38.0 Å². The van der Waals surface area contributed by atoms with Crippen molar-refractivity contribution >= 4 is 35.1 Å². The summed E-state index contributed by atoms with van der Waals surface area (Å²) in [6.07, 6.45) is 0. The highest BCUT2D eigenvalue weighted by Gasteiger charge is 2.14. The minimum Gasteiger partial charge on any atom is -0.465 e. The lowest BCUT2D eigenvalue weighted by molar-refractivity contribution is 0.0592. The lowest BCUT2D eigenvalue weighted by atomic mass is 10.1. The number of benzene rings is 3. The van der Waals surface area contributed by atoms with Crippen molar-refractivity contribution in [3.63, 3.8) is 0 Å². The monoisotopic (exact) mass is 461 g/mol. The van der Waals surface area contributed by atoms with Crippen LogP contribution in [0.3, 0.4) is 0 Å². The van der Waals surface area contributed by atoms with Gasteiger partial charge >= 0.3 is 11.9 Å². The zero-order chi connectivity index (χ0) is 24.7. The summed E-state index contributed by atoms with van der Waals surface area (Å²) in [5.74, 6) is -1.80. The molecule has 0 saturated carbocycles. The van der Waals surface area contributed by atoms with E-state index in [-0.39, 0.29) is 6.54 Å². The van der Waals surface area contributed by atoms with Crippen LogP contribution in [0, 0.1) is 0 Å². The maximum absolute atomic E-state index is 12.7. The van der Waals surface area contributed by atoms with Gasteiger partial charge in [-0.15, -0.1) is 0 Å². The van der Waals surface area contributed by atoms with Crippen LogP contribution in [0.2, 0.25) is 0 Å². The molecule has 0 bridgehead atoms. The Kier molecular flexibility index (Phi) is 7.73. The largest absolute Gasteiger partial charge is 0.465 e. The first-order valence-electron chi connectivity index (χ1n) is 10.2. The van der Waals surface area contributed by atoms with Gasteiger partial charge in [0.1, 0.15) is 0 Å². The molecule has 0 spiro atoms. The second kappa shape index (κ2) is 10.9. The van der Waals surface area contributed by atoms with Crippen molar-refractivity contribution < 1.29 is 28.7 Å². The average Bonchev–Trinajstić information content (AvgIpc) is 2.88. The molecule has 2 amide bonds. The second-order valence-corrected chi connectivity index (χ2v) is 7.12. The molecule has 3 rings (SSSR count). The maximum Gasteiger partial charge on any atom is 0.337 e. The lowest BCUT2D eigenvalue weighted by Crippen LogP contribution is -2.16. The van der Waals surface area contributed by atoms with Gasteiger partial charge in [0.2, 0.25) is 0 Å². The number of ether oxygens (including phenoxy) is 2. The van der Waals surface area contributed by atoms with Crippen molar-refractivity contribution in [2.45, 2.75) is 6.54 Å². The summed E-state index contributed by atoms with van der Waals surface area (Å²) < 4.78 is 9.30. The molecule has 0 aliphatic carbocycles. The minimum atomic E-state index is -0.499. The molecule has 0 aromatic heterocycles. The van der Waals surface area contributed by atoms with Gasteiger partial charge in [-0.3, -0.25) is 9.59 Å². The maximum atomic E-state index is 12.7. The number of nitrogens with one attached hydrogen (secondary N) is 2. The standard InChI is InChI=1S/C25H23N3O6/c1-33-24(31)17-7-3-15(4-8-17)22(29)27-20-12-11-19(14-26)21(13-20)28-23(30)16-5-9-18(10-6-16)25(32)34-2/h3-13H,14,26H2,1-2H3,(H,27,29)(H,28,30). The highest BCUT2D eigenvalue weighted by atomic mass is 16.5. The number of carbonyl (C=O) groups is 4. The third-order valence-electron chi connectivity index (χ3n) is 4.97. The van der Waals surface area contributed by atoms with Crippen LogP contribution in [0.15, 0.2) is 66.7 Å². The number of anilines is 2. The summed E-state index contributed by atoms with van der Waals surface area (Å²) in [6, 6.07) is 17.0. The number of methoxy groups -OCH3 is 2. The molecule has 0 unspecified atom stereocenters. The number of rotatable bonds is 7. The molecule has 0 radical (unpaired) electrons. The van der Waals surface area contributed by atoms with Crippen LogP contribution >= 0.6 is 0 Å². The van der Waals surface area contributed by atoms with Gasteiger partial charge in [0.25, 0.3) is 11.8 Å². The van der Waals surface area contributed by atoms with Gasteiger partial charge in [0.05, 0.1) is 25.3 Å². The molecule has 9 nitrogen and oxygen atoms in total. The van der Waals surface area contributed by atoms with Gasteiger partial charge in [-0.1, -0.05) is 6.07 Å². The Labute approximate surface area is 195 Å². The third-order valence-corrected chi connectivity index (χ3v) is 4.97. The fourth-order valence-corrected chi connectivity index (χ4v) is 3.10. The van der Waals surface area contributed by atoms with Crippen LogP contribution < -0.4 is 16.4 Å². The zero-order valence-electron chi connectivity index (χ0n) is 18.6. The lowest BCUT2D eigenvalue weighted by Gasteiger charge is -2.13. The molecule has 0 heterocycles. The second-order valence-electron chi connectivity index (χ2n) is 7.12. The van der Waals surface area contributed by atoms with Crippen molar-refractivity contribution in [3.05, 3.63) is 94.5 Å².